The normalized spacial score (nSPS) is 12.9. The molecule has 0 radical (unpaired) electrons. The third-order valence-corrected chi connectivity index (χ3v) is 2.72. The van der Waals surface area contributed by atoms with Gasteiger partial charge in [0, 0.05) is 6.04 Å². The van der Waals surface area contributed by atoms with Crippen molar-refractivity contribution in [3.05, 3.63) is 17.3 Å². The SMILES string of the molecule is CCC(Nc1ncc(N)cc1Cl)C(C)C. The first-order valence-corrected chi connectivity index (χ1v) is 5.60. The largest absolute Gasteiger partial charge is 0.397 e. The van der Waals surface area contributed by atoms with Crippen LogP contribution in [0.25, 0.3) is 0 Å². The summed E-state index contributed by atoms with van der Waals surface area (Å²) < 4.78 is 0. The van der Waals surface area contributed by atoms with Crippen LogP contribution in [-0.4, -0.2) is 11.0 Å². The summed E-state index contributed by atoms with van der Waals surface area (Å²) in [4.78, 5) is 4.18. The standard InChI is InChI=1S/C11H18ClN3/c1-4-10(7(2)3)15-11-9(12)5-8(13)6-14-11/h5-7,10H,4,13H2,1-3H3,(H,14,15). The van der Waals surface area contributed by atoms with Gasteiger partial charge in [0.2, 0.25) is 0 Å². The molecule has 1 aromatic heterocycles. The highest BCUT2D eigenvalue weighted by atomic mass is 35.5. The Labute approximate surface area is 96.0 Å². The summed E-state index contributed by atoms with van der Waals surface area (Å²) in [6, 6.07) is 2.10. The van der Waals surface area contributed by atoms with E-state index in [1.165, 1.54) is 0 Å². The molecule has 4 heteroatoms. The molecule has 0 aromatic carbocycles. The Morgan fingerprint density at radius 1 is 1.53 bits per heavy atom. The lowest BCUT2D eigenvalue weighted by Gasteiger charge is -2.21. The smallest absolute Gasteiger partial charge is 0.145 e. The van der Waals surface area contributed by atoms with Crippen LogP contribution in [0.3, 0.4) is 0 Å². The number of nitrogen functional groups attached to an aromatic ring is 1. The van der Waals surface area contributed by atoms with E-state index >= 15 is 0 Å². The molecule has 1 rings (SSSR count). The third kappa shape index (κ3) is 3.27. The number of pyridine rings is 1. The Kier molecular flexibility index (Phi) is 4.21. The Hall–Kier alpha value is -0.960. The molecule has 0 fully saturated rings. The van der Waals surface area contributed by atoms with Crippen LogP contribution < -0.4 is 11.1 Å². The number of hydrogen-bond donors (Lipinski definition) is 2. The van der Waals surface area contributed by atoms with Gasteiger partial charge in [0.1, 0.15) is 5.82 Å². The van der Waals surface area contributed by atoms with Gasteiger partial charge in [-0.3, -0.25) is 0 Å². The molecule has 0 bridgehead atoms. The number of nitrogens with one attached hydrogen (secondary N) is 1. The second-order valence-electron chi connectivity index (χ2n) is 4.00. The predicted molar refractivity (Wildman–Crippen MR) is 66.2 cm³/mol. The fourth-order valence-corrected chi connectivity index (χ4v) is 1.70. The van der Waals surface area contributed by atoms with Gasteiger partial charge in [0.05, 0.1) is 16.9 Å². The molecule has 15 heavy (non-hydrogen) atoms. The molecule has 0 spiro atoms. The Bertz CT molecular complexity index is 326. The average molecular weight is 228 g/mol. The molecule has 1 heterocycles. The maximum absolute atomic E-state index is 6.03. The van der Waals surface area contributed by atoms with Gasteiger partial charge in [0.25, 0.3) is 0 Å². The number of halogens is 1. The first-order valence-electron chi connectivity index (χ1n) is 5.22. The summed E-state index contributed by atoms with van der Waals surface area (Å²) in [5, 5.41) is 3.90. The minimum atomic E-state index is 0.388. The molecule has 0 aliphatic rings. The zero-order valence-corrected chi connectivity index (χ0v) is 10.2. The van der Waals surface area contributed by atoms with E-state index in [2.05, 4.69) is 31.1 Å². The first kappa shape index (κ1) is 12.1. The summed E-state index contributed by atoms with van der Waals surface area (Å²) in [6.07, 6.45) is 2.65. The van der Waals surface area contributed by atoms with Gasteiger partial charge < -0.3 is 11.1 Å². The molecule has 1 unspecified atom stereocenters. The van der Waals surface area contributed by atoms with Crippen molar-refractivity contribution in [2.45, 2.75) is 33.2 Å². The highest BCUT2D eigenvalue weighted by molar-refractivity contribution is 6.33. The number of aromatic nitrogens is 1. The van der Waals surface area contributed by atoms with Crippen LogP contribution in [0, 0.1) is 5.92 Å². The maximum atomic E-state index is 6.03. The maximum Gasteiger partial charge on any atom is 0.145 e. The highest BCUT2D eigenvalue weighted by Crippen LogP contribution is 2.23. The number of rotatable bonds is 4. The molecule has 84 valence electrons. The minimum Gasteiger partial charge on any atom is -0.397 e. The Morgan fingerprint density at radius 3 is 2.67 bits per heavy atom. The van der Waals surface area contributed by atoms with Crippen LogP contribution in [0.1, 0.15) is 27.2 Å². The molecule has 0 saturated carbocycles. The summed E-state index contributed by atoms with van der Waals surface area (Å²) in [5.74, 6) is 1.26. The zero-order valence-electron chi connectivity index (χ0n) is 9.42. The Balaban J connectivity index is 2.79. The van der Waals surface area contributed by atoms with E-state index in [0.717, 1.165) is 6.42 Å². The Morgan fingerprint density at radius 2 is 2.20 bits per heavy atom. The van der Waals surface area contributed by atoms with Gasteiger partial charge in [-0.25, -0.2) is 4.98 Å². The molecule has 3 nitrogen and oxygen atoms in total. The van der Waals surface area contributed by atoms with Gasteiger partial charge in [-0.05, 0) is 18.4 Å². The van der Waals surface area contributed by atoms with Gasteiger partial charge in [-0.15, -0.1) is 0 Å². The van der Waals surface area contributed by atoms with Crippen LogP contribution in [0.2, 0.25) is 5.02 Å². The van der Waals surface area contributed by atoms with Crippen LogP contribution in [0.5, 0.6) is 0 Å². The number of anilines is 2. The molecular weight excluding hydrogens is 210 g/mol. The monoisotopic (exact) mass is 227 g/mol. The zero-order chi connectivity index (χ0) is 11.4. The van der Waals surface area contributed by atoms with Crippen LogP contribution in [-0.2, 0) is 0 Å². The van der Waals surface area contributed by atoms with E-state index in [9.17, 15) is 0 Å². The lowest BCUT2D eigenvalue weighted by Crippen LogP contribution is -2.25. The van der Waals surface area contributed by atoms with E-state index in [1.807, 2.05) is 0 Å². The van der Waals surface area contributed by atoms with E-state index < -0.39 is 0 Å². The van der Waals surface area contributed by atoms with Gasteiger partial charge in [-0.1, -0.05) is 32.4 Å². The topological polar surface area (TPSA) is 50.9 Å². The van der Waals surface area contributed by atoms with Crippen molar-refractivity contribution in [1.29, 1.82) is 0 Å². The fraction of sp³-hybridized carbons (Fsp3) is 0.545. The van der Waals surface area contributed by atoms with Crippen molar-refractivity contribution in [3.8, 4) is 0 Å². The van der Waals surface area contributed by atoms with E-state index in [4.69, 9.17) is 17.3 Å². The summed E-state index contributed by atoms with van der Waals surface area (Å²) in [5.41, 5.74) is 6.16. The van der Waals surface area contributed by atoms with Crippen molar-refractivity contribution in [2.75, 3.05) is 11.1 Å². The van der Waals surface area contributed by atoms with Gasteiger partial charge in [0.15, 0.2) is 0 Å². The van der Waals surface area contributed by atoms with Crippen molar-refractivity contribution in [3.63, 3.8) is 0 Å². The van der Waals surface area contributed by atoms with Crippen LogP contribution in [0.4, 0.5) is 11.5 Å². The van der Waals surface area contributed by atoms with Crippen LogP contribution >= 0.6 is 11.6 Å². The molecule has 1 atom stereocenters. The number of nitrogens with two attached hydrogens (primary N) is 1. The molecule has 0 aliphatic carbocycles. The van der Waals surface area contributed by atoms with Crippen molar-refractivity contribution < 1.29 is 0 Å². The lowest BCUT2D eigenvalue weighted by molar-refractivity contribution is 0.510. The third-order valence-electron chi connectivity index (χ3n) is 2.43. The molecule has 0 amide bonds. The minimum absolute atomic E-state index is 0.388. The van der Waals surface area contributed by atoms with E-state index in [1.54, 1.807) is 12.3 Å². The van der Waals surface area contributed by atoms with Crippen molar-refractivity contribution in [1.82, 2.24) is 4.98 Å². The van der Waals surface area contributed by atoms with Crippen molar-refractivity contribution in [2.24, 2.45) is 5.92 Å². The van der Waals surface area contributed by atoms with E-state index in [0.29, 0.717) is 28.5 Å². The second-order valence-corrected chi connectivity index (χ2v) is 4.41. The highest BCUT2D eigenvalue weighted by Gasteiger charge is 2.12. The average Bonchev–Trinajstić information content (AvgIpc) is 2.16. The second kappa shape index (κ2) is 5.21. The number of nitrogens with zero attached hydrogens (tertiary/aromatic N) is 1. The molecule has 0 aliphatic heterocycles. The van der Waals surface area contributed by atoms with Gasteiger partial charge >= 0.3 is 0 Å². The lowest BCUT2D eigenvalue weighted by atomic mass is 10.0. The van der Waals surface area contributed by atoms with Crippen molar-refractivity contribution >= 4 is 23.1 Å². The first-order chi connectivity index (χ1) is 7.04. The molecule has 3 N–H and O–H groups in total. The predicted octanol–water partition coefficient (Wildman–Crippen LogP) is 3.16. The molecular formula is C11H18ClN3. The quantitative estimate of drug-likeness (QED) is 0.831. The van der Waals surface area contributed by atoms with E-state index in [-0.39, 0.29) is 0 Å². The summed E-state index contributed by atoms with van der Waals surface area (Å²) >= 11 is 6.03. The molecule has 0 saturated heterocycles. The fourth-order valence-electron chi connectivity index (χ4n) is 1.47. The summed E-state index contributed by atoms with van der Waals surface area (Å²) in [6.45, 7) is 6.49. The van der Waals surface area contributed by atoms with Gasteiger partial charge in [-0.2, -0.15) is 0 Å². The number of hydrogen-bond acceptors (Lipinski definition) is 3. The molecule has 1 aromatic rings. The van der Waals surface area contributed by atoms with Crippen LogP contribution in [0.15, 0.2) is 12.3 Å². The summed E-state index contributed by atoms with van der Waals surface area (Å²) in [7, 11) is 0.